The van der Waals surface area contributed by atoms with Gasteiger partial charge in [-0.3, -0.25) is 0 Å². The summed E-state index contributed by atoms with van der Waals surface area (Å²) in [4.78, 5) is 0. The highest BCUT2D eigenvalue weighted by Crippen LogP contribution is 2.57. The van der Waals surface area contributed by atoms with Crippen molar-refractivity contribution in [3.63, 3.8) is 0 Å². The molecule has 6 heteroatoms. The van der Waals surface area contributed by atoms with E-state index in [1.807, 2.05) is 6.08 Å². The standard InChI is InChI=1S/C29H42O4Si2/c1-27(2,3)34(22-16-12-10-13-17-22,23-18-14-11-15-19-23)31-24-20-21-30-26-25(24)32-35(33-26,28(4,5)6)29(7,8)9/h10-21,24-26H,1-9H3/t24-,25-,26-/m1/s1. The topological polar surface area (TPSA) is 36.9 Å². The third kappa shape index (κ3) is 4.38. The van der Waals surface area contributed by atoms with Crippen molar-refractivity contribution in [1.82, 2.24) is 0 Å². The summed E-state index contributed by atoms with van der Waals surface area (Å²) in [5.74, 6) is 0. The average molecular weight is 511 g/mol. The zero-order valence-corrected chi connectivity index (χ0v) is 24.8. The lowest BCUT2D eigenvalue weighted by Crippen LogP contribution is -2.68. The molecule has 2 heterocycles. The van der Waals surface area contributed by atoms with Gasteiger partial charge >= 0.3 is 8.56 Å². The van der Waals surface area contributed by atoms with Crippen LogP contribution in [0.15, 0.2) is 73.0 Å². The molecule has 0 radical (unpaired) electrons. The van der Waals surface area contributed by atoms with Crippen molar-refractivity contribution in [2.45, 2.75) is 95.9 Å². The van der Waals surface area contributed by atoms with Crippen molar-refractivity contribution >= 4 is 27.3 Å². The first kappa shape index (κ1) is 26.4. The zero-order chi connectivity index (χ0) is 25.7. The summed E-state index contributed by atoms with van der Waals surface area (Å²) < 4.78 is 27.3. The summed E-state index contributed by atoms with van der Waals surface area (Å²) in [7, 11) is -5.48. The van der Waals surface area contributed by atoms with E-state index in [1.54, 1.807) is 6.26 Å². The molecule has 0 spiro atoms. The van der Waals surface area contributed by atoms with Crippen LogP contribution >= 0.6 is 0 Å². The van der Waals surface area contributed by atoms with Gasteiger partial charge in [0.25, 0.3) is 8.32 Å². The highest BCUT2D eigenvalue weighted by molar-refractivity contribution is 6.99. The van der Waals surface area contributed by atoms with Crippen LogP contribution in [0.4, 0.5) is 0 Å². The van der Waals surface area contributed by atoms with Gasteiger partial charge < -0.3 is 18.0 Å². The number of hydrogen-bond acceptors (Lipinski definition) is 4. The Morgan fingerprint density at radius 2 is 1.20 bits per heavy atom. The lowest BCUT2D eigenvalue weighted by Gasteiger charge is -2.47. The van der Waals surface area contributed by atoms with E-state index in [-0.39, 0.29) is 27.3 Å². The van der Waals surface area contributed by atoms with Crippen LogP contribution < -0.4 is 10.4 Å². The van der Waals surface area contributed by atoms with Crippen LogP contribution in [-0.4, -0.2) is 35.4 Å². The summed E-state index contributed by atoms with van der Waals surface area (Å²) in [6.45, 7) is 20.3. The third-order valence-electron chi connectivity index (χ3n) is 7.36. The van der Waals surface area contributed by atoms with E-state index in [9.17, 15) is 0 Å². The molecule has 0 unspecified atom stereocenters. The monoisotopic (exact) mass is 510 g/mol. The molecule has 190 valence electrons. The molecule has 0 aliphatic carbocycles. The summed E-state index contributed by atoms with van der Waals surface area (Å²) >= 11 is 0. The van der Waals surface area contributed by atoms with Gasteiger partial charge in [-0.1, -0.05) is 123 Å². The van der Waals surface area contributed by atoms with Crippen LogP contribution in [0.25, 0.3) is 0 Å². The molecule has 2 aliphatic rings. The molecule has 35 heavy (non-hydrogen) atoms. The van der Waals surface area contributed by atoms with Crippen molar-refractivity contribution in [2.24, 2.45) is 0 Å². The Bertz CT molecular complexity index is 979. The second-order valence-corrected chi connectivity index (χ2v) is 21.9. The van der Waals surface area contributed by atoms with Gasteiger partial charge in [-0.05, 0) is 21.5 Å². The number of benzene rings is 2. The molecule has 0 bridgehead atoms. The van der Waals surface area contributed by atoms with Gasteiger partial charge in [0.2, 0.25) is 6.29 Å². The molecule has 0 N–H and O–H groups in total. The Kier molecular flexibility index (Phi) is 6.77. The predicted molar refractivity (Wildman–Crippen MR) is 148 cm³/mol. The Hall–Kier alpha value is -1.71. The maximum absolute atomic E-state index is 7.44. The fourth-order valence-electron chi connectivity index (χ4n) is 5.98. The van der Waals surface area contributed by atoms with E-state index in [0.29, 0.717) is 0 Å². The van der Waals surface area contributed by atoms with Gasteiger partial charge in [-0.25, -0.2) is 0 Å². The van der Waals surface area contributed by atoms with E-state index in [1.165, 1.54) is 10.4 Å². The maximum Gasteiger partial charge on any atom is 0.352 e. The maximum atomic E-state index is 7.44. The normalized spacial score (nSPS) is 24.7. The Labute approximate surface area is 214 Å². The molecule has 3 atom stereocenters. The largest absolute Gasteiger partial charge is 0.471 e. The van der Waals surface area contributed by atoms with Crippen LogP contribution in [0.1, 0.15) is 62.3 Å². The average Bonchev–Trinajstić information content (AvgIpc) is 3.20. The van der Waals surface area contributed by atoms with Gasteiger partial charge in [-0.15, -0.1) is 0 Å². The molecule has 1 saturated heterocycles. The molecular weight excluding hydrogens is 468 g/mol. The quantitative estimate of drug-likeness (QED) is 0.455. The predicted octanol–water partition coefficient (Wildman–Crippen LogP) is 6.26. The first-order valence-electron chi connectivity index (χ1n) is 12.7. The van der Waals surface area contributed by atoms with Crippen LogP contribution in [0.3, 0.4) is 0 Å². The fraction of sp³-hybridized carbons (Fsp3) is 0.517. The first-order chi connectivity index (χ1) is 16.2. The van der Waals surface area contributed by atoms with Crippen molar-refractivity contribution in [3.8, 4) is 0 Å². The number of fused-ring (bicyclic) bond motifs is 1. The highest BCUT2D eigenvalue weighted by atomic mass is 28.4. The smallest absolute Gasteiger partial charge is 0.352 e. The molecular formula is C29H42O4Si2. The molecule has 4 rings (SSSR count). The first-order valence-corrected chi connectivity index (χ1v) is 16.4. The van der Waals surface area contributed by atoms with E-state index >= 15 is 0 Å². The molecule has 0 amide bonds. The molecule has 0 saturated carbocycles. The fourth-order valence-corrected chi connectivity index (χ4v) is 15.5. The van der Waals surface area contributed by atoms with Crippen LogP contribution in [0, 0.1) is 0 Å². The van der Waals surface area contributed by atoms with E-state index in [0.717, 1.165) is 0 Å². The van der Waals surface area contributed by atoms with Crippen LogP contribution in [0.5, 0.6) is 0 Å². The van der Waals surface area contributed by atoms with Gasteiger partial charge in [-0.2, -0.15) is 0 Å². The van der Waals surface area contributed by atoms with Crippen molar-refractivity contribution < 1.29 is 18.0 Å². The van der Waals surface area contributed by atoms with E-state index in [4.69, 9.17) is 18.0 Å². The Morgan fingerprint density at radius 3 is 1.63 bits per heavy atom. The minimum Gasteiger partial charge on any atom is -0.471 e. The summed E-state index contributed by atoms with van der Waals surface area (Å²) in [5.41, 5.74) is 0. The molecule has 2 aliphatic heterocycles. The second-order valence-electron chi connectivity index (χ2n) is 12.9. The summed E-state index contributed by atoms with van der Waals surface area (Å²) in [6.07, 6.45) is 2.72. The second kappa shape index (κ2) is 9.00. The molecule has 1 fully saturated rings. The van der Waals surface area contributed by atoms with E-state index in [2.05, 4.69) is 123 Å². The van der Waals surface area contributed by atoms with Gasteiger partial charge in [0.05, 0.1) is 12.4 Å². The Balaban J connectivity index is 1.83. The highest BCUT2D eigenvalue weighted by Gasteiger charge is 2.67. The van der Waals surface area contributed by atoms with Crippen LogP contribution in [0.2, 0.25) is 15.1 Å². The third-order valence-corrected chi connectivity index (χ3v) is 17.5. The number of rotatable bonds is 4. The Morgan fingerprint density at radius 1 is 0.714 bits per heavy atom. The van der Waals surface area contributed by atoms with Crippen molar-refractivity contribution in [2.75, 3.05) is 0 Å². The van der Waals surface area contributed by atoms with Crippen molar-refractivity contribution in [1.29, 1.82) is 0 Å². The zero-order valence-electron chi connectivity index (χ0n) is 22.8. The van der Waals surface area contributed by atoms with Crippen molar-refractivity contribution in [3.05, 3.63) is 73.0 Å². The lowest BCUT2D eigenvalue weighted by molar-refractivity contribution is -0.0911. The van der Waals surface area contributed by atoms with Gasteiger partial charge in [0.15, 0.2) is 0 Å². The minimum atomic E-state index is -2.76. The van der Waals surface area contributed by atoms with Crippen LogP contribution in [-0.2, 0) is 18.0 Å². The number of hydrogen-bond donors (Lipinski definition) is 0. The molecule has 4 nitrogen and oxygen atoms in total. The molecule has 2 aromatic rings. The van der Waals surface area contributed by atoms with Gasteiger partial charge in [0.1, 0.15) is 6.10 Å². The molecule has 0 aromatic heterocycles. The summed E-state index contributed by atoms with van der Waals surface area (Å²) in [5, 5.41) is 2.12. The minimum absolute atomic E-state index is 0.126. The SMILES string of the molecule is CC(C)(C)[Si](O[C@@H]1C=CO[C@@H]2O[Si](C(C)(C)C)(C(C)(C)C)O[C@@H]21)(c1ccccc1)c1ccccc1. The van der Waals surface area contributed by atoms with E-state index < -0.39 is 23.2 Å². The summed E-state index contributed by atoms with van der Waals surface area (Å²) in [6, 6.07) is 21.5. The molecule has 2 aromatic carbocycles. The lowest BCUT2D eigenvalue weighted by atomic mass is 10.2. The van der Waals surface area contributed by atoms with Gasteiger partial charge in [0, 0.05) is 10.1 Å². The number of ether oxygens (including phenoxy) is 1.